The molecule has 1 fully saturated rings. The zero-order valence-corrected chi connectivity index (χ0v) is 26.0. The van der Waals surface area contributed by atoms with Crippen LogP contribution in [0.5, 0.6) is 5.75 Å². The van der Waals surface area contributed by atoms with Gasteiger partial charge in [0.15, 0.2) is 5.82 Å². The molecule has 1 atom stereocenters. The number of aromatic nitrogens is 1. The summed E-state index contributed by atoms with van der Waals surface area (Å²) in [6, 6.07) is 15.3. The second-order valence-electron chi connectivity index (χ2n) is 10.6. The Bertz CT molecular complexity index is 1690. The molecule has 0 bridgehead atoms. The number of amides is 1. The van der Waals surface area contributed by atoms with Gasteiger partial charge in [-0.2, -0.15) is 0 Å². The molecule has 0 radical (unpaired) electrons. The molecule has 1 aliphatic rings. The largest absolute Gasteiger partial charge is 0.496 e. The number of carbonyl (C=O) groups excluding carboxylic acids is 1. The Labute approximate surface area is 270 Å². The summed E-state index contributed by atoms with van der Waals surface area (Å²) in [5.74, 6) is -0.710. The molecule has 5 N–H and O–H groups in total. The topological polar surface area (TPSA) is 108 Å². The molecule has 1 amide bonds. The minimum atomic E-state index is -0.760. The molecule has 236 valence electrons. The fraction of sp³-hybridized carbons (Fsp3) is 0.273. The fourth-order valence-electron chi connectivity index (χ4n) is 5.23. The van der Waals surface area contributed by atoms with Crippen molar-refractivity contribution in [2.75, 3.05) is 32.1 Å². The molecule has 0 aliphatic carbocycles. The summed E-state index contributed by atoms with van der Waals surface area (Å²) in [7, 11) is 1.60. The van der Waals surface area contributed by atoms with Gasteiger partial charge >= 0.3 is 0 Å². The van der Waals surface area contributed by atoms with Crippen molar-refractivity contribution in [3.63, 3.8) is 0 Å². The van der Waals surface area contributed by atoms with E-state index in [1.54, 1.807) is 37.6 Å². The van der Waals surface area contributed by atoms with Crippen molar-refractivity contribution in [3.8, 4) is 28.1 Å². The number of methoxy groups -OCH3 is 1. The molecule has 12 heteroatoms. The minimum Gasteiger partial charge on any atom is -0.496 e. The maximum Gasteiger partial charge on any atom is 0.220 e. The van der Waals surface area contributed by atoms with Gasteiger partial charge in [0, 0.05) is 72.7 Å². The van der Waals surface area contributed by atoms with E-state index in [-0.39, 0.29) is 47.9 Å². The normalized spacial score (nSPS) is 14.4. The van der Waals surface area contributed by atoms with Gasteiger partial charge in [-0.05, 0) is 36.8 Å². The molecule has 8 nitrogen and oxygen atoms in total. The van der Waals surface area contributed by atoms with Crippen molar-refractivity contribution in [1.82, 2.24) is 20.9 Å². The quantitative estimate of drug-likeness (QED) is 0.109. The third-order valence-electron chi connectivity index (χ3n) is 7.58. The van der Waals surface area contributed by atoms with E-state index in [4.69, 9.17) is 33.0 Å². The molecular formula is C33H33Cl2F2N5O3. The highest BCUT2D eigenvalue weighted by Crippen LogP contribution is 2.42. The predicted molar refractivity (Wildman–Crippen MR) is 173 cm³/mol. The highest BCUT2D eigenvalue weighted by molar-refractivity contribution is 6.39. The molecule has 0 spiro atoms. The lowest BCUT2D eigenvalue weighted by atomic mass is 10.0. The van der Waals surface area contributed by atoms with Gasteiger partial charge < -0.3 is 31.1 Å². The van der Waals surface area contributed by atoms with Gasteiger partial charge in [0.2, 0.25) is 5.91 Å². The molecule has 4 aromatic rings. The predicted octanol–water partition coefficient (Wildman–Crippen LogP) is 6.20. The van der Waals surface area contributed by atoms with E-state index in [0.717, 1.165) is 17.5 Å². The van der Waals surface area contributed by atoms with E-state index in [1.165, 1.54) is 12.1 Å². The second kappa shape index (κ2) is 15.0. The summed E-state index contributed by atoms with van der Waals surface area (Å²) in [5.41, 5.74) is 3.72. The first-order valence-corrected chi connectivity index (χ1v) is 15.2. The van der Waals surface area contributed by atoms with Gasteiger partial charge in [-0.1, -0.05) is 47.5 Å². The van der Waals surface area contributed by atoms with Crippen LogP contribution in [-0.4, -0.2) is 48.8 Å². The number of ether oxygens (including phenoxy) is 1. The van der Waals surface area contributed by atoms with E-state index < -0.39 is 11.6 Å². The number of hydrogen-bond donors (Lipinski definition) is 5. The number of carbonyl (C=O) groups is 1. The van der Waals surface area contributed by atoms with Crippen molar-refractivity contribution in [1.29, 1.82) is 0 Å². The molecule has 3 aromatic carbocycles. The van der Waals surface area contributed by atoms with Gasteiger partial charge in [-0.15, -0.1) is 0 Å². The number of aliphatic hydroxyl groups excluding tert-OH is 1. The van der Waals surface area contributed by atoms with Crippen molar-refractivity contribution >= 4 is 40.5 Å². The molecule has 1 aromatic heterocycles. The molecule has 0 saturated carbocycles. The first-order valence-electron chi connectivity index (χ1n) is 14.5. The summed E-state index contributed by atoms with van der Waals surface area (Å²) in [5, 5.41) is 21.7. The Morgan fingerprint density at radius 1 is 1.02 bits per heavy atom. The Morgan fingerprint density at radius 3 is 2.60 bits per heavy atom. The highest BCUT2D eigenvalue weighted by atomic mass is 35.5. The Balaban J connectivity index is 1.38. The van der Waals surface area contributed by atoms with E-state index in [2.05, 4.69) is 26.3 Å². The van der Waals surface area contributed by atoms with Crippen LogP contribution in [0, 0.1) is 11.6 Å². The summed E-state index contributed by atoms with van der Waals surface area (Å²) >= 11 is 13.8. The van der Waals surface area contributed by atoms with Crippen LogP contribution in [0.15, 0.2) is 60.8 Å². The van der Waals surface area contributed by atoms with Crippen molar-refractivity contribution < 1.29 is 23.4 Å². The third-order valence-corrected chi connectivity index (χ3v) is 8.37. The summed E-state index contributed by atoms with van der Waals surface area (Å²) in [6.45, 7) is 1.19. The zero-order chi connectivity index (χ0) is 31.9. The van der Waals surface area contributed by atoms with E-state index in [1.807, 2.05) is 18.2 Å². The van der Waals surface area contributed by atoms with Gasteiger partial charge in [-0.25, -0.2) is 8.78 Å². The maximum absolute atomic E-state index is 15.2. The van der Waals surface area contributed by atoms with Crippen molar-refractivity contribution in [2.24, 2.45) is 0 Å². The van der Waals surface area contributed by atoms with Gasteiger partial charge in [0.1, 0.15) is 11.6 Å². The number of nitrogens with one attached hydrogen (secondary N) is 4. The maximum atomic E-state index is 15.2. The Kier molecular flexibility index (Phi) is 10.9. The van der Waals surface area contributed by atoms with E-state index in [9.17, 15) is 9.18 Å². The van der Waals surface area contributed by atoms with Crippen LogP contribution < -0.4 is 26.0 Å². The zero-order valence-electron chi connectivity index (χ0n) is 24.5. The van der Waals surface area contributed by atoms with Crippen LogP contribution >= 0.6 is 23.2 Å². The smallest absolute Gasteiger partial charge is 0.220 e. The van der Waals surface area contributed by atoms with Crippen LogP contribution in [0.2, 0.25) is 10.0 Å². The number of benzene rings is 3. The van der Waals surface area contributed by atoms with Crippen LogP contribution in [0.25, 0.3) is 22.4 Å². The monoisotopic (exact) mass is 655 g/mol. The fourth-order valence-corrected chi connectivity index (χ4v) is 5.83. The van der Waals surface area contributed by atoms with Crippen LogP contribution in [0.1, 0.15) is 24.0 Å². The van der Waals surface area contributed by atoms with Gasteiger partial charge in [-0.3, -0.25) is 9.78 Å². The number of halogens is 4. The van der Waals surface area contributed by atoms with E-state index >= 15 is 4.39 Å². The standard InChI is InChI=1S/C33H33Cl2F2N5O3/c1-45-28-15-19(5-6-20(28)16-39-17-21-7-10-29(44)41-21)33-31(35)23(11-12-40-33)22-3-2-4-26(30(22)34)42-27-9-8-25(36)24(32(27)37)18-38-13-14-43/h2-6,8-9,11-12,15,21,38-39,42-43H,7,10,13-14,16-18H2,1H3,(H,41,44). The summed E-state index contributed by atoms with van der Waals surface area (Å²) in [4.78, 5) is 16.0. The summed E-state index contributed by atoms with van der Waals surface area (Å²) in [6.07, 6.45) is 3.01. The number of nitrogens with zero attached hydrogens (tertiary/aromatic N) is 1. The number of hydrogen-bond acceptors (Lipinski definition) is 7. The SMILES string of the molecule is COc1cc(-c2nccc(-c3cccc(Nc4ccc(F)c(CNCCO)c4F)c3Cl)c2Cl)ccc1CNCC1CCC(=O)N1. The first-order chi connectivity index (χ1) is 21.8. The minimum absolute atomic E-state index is 0.0485. The van der Waals surface area contributed by atoms with E-state index in [0.29, 0.717) is 52.8 Å². The van der Waals surface area contributed by atoms with Crippen LogP contribution in [-0.2, 0) is 17.9 Å². The van der Waals surface area contributed by atoms with Crippen LogP contribution in [0.3, 0.4) is 0 Å². The number of rotatable bonds is 13. The molecule has 1 saturated heterocycles. The molecule has 1 unspecified atom stereocenters. The third kappa shape index (κ3) is 7.54. The average molecular weight is 657 g/mol. The molecule has 2 heterocycles. The second-order valence-corrected chi connectivity index (χ2v) is 11.3. The number of pyridine rings is 1. The Morgan fingerprint density at radius 2 is 1.84 bits per heavy atom. The lowest BCUT2D eigenvalue weighted by molar-refractivity contribution is -0.119. The summed E-state index contributed by atoms with van der Waals surface area (Å²) < 4.78 is 35.2. The molecule has 5 rings (SSSR count). The van der Waals surface area contributed by atoms with Gasteiger partial charge in [0.25, 0.3) is 0 Å². The Hall–Kier alpha value is -3.80. The average Bonchev–Trinajstić information content (AvgIpc) is 3.46. The lowest BCUT2D eigenvalue weighted by Crippen LogP contribution is -2.35. The number of aliphatic hydroxyl groups is 1. The van der Waals surface area contributed by atoms with Crippen LogP contribution in [0.4, 0.5) is 20.2 Å². The first kappa shape index (κ1) is 32.6. The highest BCUT2D eigenvalue weighted by Gasteiger charge is 2.21. The lowest BCUT2D eigenvalue weighted by Gasteiger charge is -2.17. The van der Waals surface area contributed by atoms with Crippen molar-refractivity contribution in [2.45, 2.75) is 32.0 Å². The molecular weight excluding hydrogens is 623 g/mol. The molecule has 45 heavy (non-hydrogen) atoms. The van der Waals surface area contributed by atoms with Crippen molar-refractivity contribution in [3.05, 3.63) is 93.6 Å². The van der Waals surface area contributed by atoms with Gasteiger partial charge in [0.05, 0.1) is 40.8 Å². The molecule has 1 aliphatic heterocycles. The number of anilines is 2.